The molecule has 42 nitrogen and oxygen atoms in total. The van der Waals surface area contributed by atoms with E-state index in [0.717, 1.165) is 52.2 Å². The van der Waals surface area contributed by atoms with E-state index in [4.69, 9.17) is 34.4 Å². The van der Waals surface area contributed by atoms with Crippen LogP contribution in [-0.2, 0) is 60.2 Å². The van der Waals surface area contributed by atoms with Crippen LogP contribution < -0.4 is 78.6 Å². The van der Waals surface area contributed by atoms with Crippen molar-refractivity contribution in [3.63, 3.8) is 0 Å². The number of Topliss-reactive ketones (excluding diaryl/α,β-unsaturated/α-hetero) is 3. The molecule has 8 aromatic carbocycles. The maximum Gasteiger partial charge on any atom is 0.329 e. The number of aromatic nitrogens is 6. The number of rotatable bonds is 34. The van der Waals surface area contributed by atoms with E-state index in [1.165, 1.54) is 42.8 Å². The average Bonchev–Trinajstić information content (AvgIpc) is 1.53. The Balaban J connectivity index is 0.000000161. The van der Waals surface area contributed by atoms with E-state index in [1.54, 1.807) is 121 Å². The molecule has 0 atom stereocenters. The molecule has 5 amide bonds. The lowest BCUT2D eigenvalue weighted by molar-refractivity contribution is -0.140. The molecule has 7 aromatic heterocycles. The molecule has 0 aliphatic heterocycles. The van der Waals surface area contributed by atoms with Gasteiger partial charge in [-0.3, -0.25) is 76.9 Å². The van der Waals surface area contributed by atoms with Crippen molar-refractivity contribution in [2.24, 2.45) is 0 Å². The summed E-state index contributed by atoms with van der Waals surface area (Å²) in [7, 11) is -2.35. The van der Waals surface area contributed by atoms with Crippen LogP contribution in [0.3, 0.4) is 0 Å². The first kappa shape index (κ1) is 103. The van der Waals surface area contributed by atoms with Crippen molar-refractivity contribution < 1.29 is 126 Å². The summed E-state index contributed by atoms with van der Waals surface area (Å²) in [6, 6.07) is 68.6. The second-order valence-corrected chi connectivity index (χ2v) is 34.3. The molecule has 1 fully saturated rings. The molecule has 0 spiro atoms. The minimum atomic E-state index is -3.56. The van der Waals surface area contributed by atoms with E-state index in [1.807, 2.05) is 115 Å². The van der Waals surface area contributed by atoms with E-state index in [2.05, 4.69) is 26.3 Å². The van der Waals surface area contributed by atoms with Crippen molar-refractivity contribution in [1.82, 2.24) is 55.2 Å². The molecule has 16 rings (SSSR count). The molecule has 1 saturated carbocycles. The number of thiophene rings is 1. The molecular weight excluding hydrogens is 1900 g/mol. The summed E-state index contributed by atoms with van der Waals surface area (Å²) in [5.74, 6) is -13.4. The van der Waals surface area contributed by atoms with Gasteiger partial charge in [-0.25, -0.2) is 13.2 Å². The Morgan fingerprint density at radius 2 is 0.713 bits per heavy atom. The van der Waals surface area contributed by atoms with Gasteiger partial charge in [0.25, 0.3) is 57.3 Å². The van der Waals surface area contributed by atoms with Gasteiger partial charge in [0.2, 0.25) is 0 Å². The van der Waals surface area contributed by atoms with Crippen LogP contribution in [0.25, 0.3) is 54.6 Å². The molecule has 736 valence electrons. The Hall–Kier alpha value is -18.6. The highest BCUT2D eigenvalue weighted by molar-refractivity contribution is 7.91. The third kappa shape index (κ3) is 25.4. The van der Waals surface area contributed by atoms with Crippen molar-refractivity contribution in [3.05, 3.63) is 361 Å². The number of sulfone groups is 1. The maximum atomic E-state index is 13.1. The summed E-state index contributed by atoms with van der Waals surface area (Å²) in [6.45, 7) is -1.71. The number of hydrogen-bond donors (Lipinski definition) is 13. The smallest absolute Gasteiger partial charge is 0.329 e. The summed E-state index contributed by atoms with van der Waals surface area (Å²) in [6.07, 6.45) is 2.10. The number of aromatic hydroxyl groups is 5. The van der Waals surface area contributed by atoms with Crippen molar-refractivity contribution in [3.8, 4) is 28.7 Å². The van der Waals surface area contributed by atoms with Gasteiger partial charge >= 0.3 is 17.9 Å². The number of amides is 5. The molecule has 143 heavy (non-hydrogen) atoms. The summed E-state index contributed by atoms with van der Waals surface area (Å²) in [4.78, 5) is 227. The fourth-order valence-electron chi connectivity index (χ4n) is 14.0. The predicted molar refractivity (Wildman–Crippen MR) is 516 cm³/mol. The number of benzene rings is 8. The van der Waals surface area contributed by atoms with Crippen LogP contribution in [0.4, 0.5) is 0 Å². The number of carboxylic acids is 3. The average molecular weight is 1990 g/mol. The van der Waals surface area contributed by atoms with E-state index in [9.17, 15) is 116 Å². The SMILES string of the molecule is COn1c(=O)c(C(=O)NCC(=O)O)c(O)c2ncccc21.CS(=O)(=O)CC(=O)CNC(=O)c1c(O)c2ccccc2n(OCc2ccccc2)c1=O.O=C(CNC(=O)c1c(O)c2ccccc2n(OCc2ccccc2)c1=O)CC(=O)c1cccs1.O=C(NC1(C(=O)O)CC1)c1c(O)c2ccccc2n(OCc2ccccc2)c1=O.O=C(O)CCNC(=O)c1c(O)c2ccccc2n(OCc2ccccc2)c1=O. The monoisotopic (exact) mass is 1990 g/mol. The molecule has 1 aliphatic rings. The standard InChI is InChI=1S/C25H20N2O6S.C21H20N2O7S.C21H18N2O6.C20H18N2O6.C12H11N3O6/c28-17(13-20(29)21-11-6-12-34-21)14-26-24(31)22-23(30)18-9-4-5-10-19(18)27(25(22)32)33-15-16-7-2-1-3-8-16;1-31(28,29)13-15(24)11-22-20(26)18-19(25)16-9-5-6-10-17(16)23(21(18)27)30-12-14-7-3-2-4-8-14;24-17-14-8-4-5-9-15(14)23(29-12-13-6-2-1-3-7-13)19(26)16(17)18(25)22-21(10-11-21)20(27)28;23-16(24)10-11-21-19(26)17-18(25)14-8-4-5-9-15(14)22(20(17)27)28-12-13-6-2-1-3-7-13;1-21-15-6-3-2-4-13-9(6)10(18)8(12(15)20)11(19)14-5-7(16)17/h1-12,30H,13-15H2,(H,26,31);2-10,25H,11-13H2,1H3,(H,22,26);1-9,24H,10-12H2,(H,22,25)(H,27,28);1-9,25H,10-12H2,(H,21,26)(H,23,24);2-4,18H,5H2,1H3,(H,14,19)(H,16,17). The molecule has 1 aliphatic carbocycles. The Morgan fingerprint density at radius 1 is 0.385 bits per heavy atom. The van der Waals surface area contributed by atoms with E-state index in [0.29, 0.717) is 15.9 Å². The molecule has 15 aromatic rings. The quantitative estimate of drug-likeness (QED) is 0.0166. The molecule has 13 N–H and O–H groups in total. The number of fused-ring (bicyclic) bond motifs is 5. The number of carbonyl (C=O) groups is 11. The Kier molecular flexibility index (Phi) is 33.9. The Labute approximate surface area is 810 Å². The molecule has 0 unspecified atom stereocenters. The van der Waals surface area contributed by atoms with E-state index >= 15 is 0 Å². The van der Waals surface area contributed by atoms with Gasteiger partial charge in [0.05, 0.1) is 52.9 Å². The van der Waals surface area contributed by atoms with Crippen LogP contribution in [0.15, 0.2) is 278 Å². The van der Waals surface area contributed by atoms with Crippen LogP contribution in [0, 0.1) is 0 Å². The zero-order valence-corrected chi connectivity index (χ0v) is 77.0. The third-order valence-corrected chi connectivity index (χ3v) is 22.8. The Bertz CT molecular complexity index is 7850. The zero-order chi connectivity index (χ0) is 103. The van der Waals surface area contributed by atoms with Crippen molar-refractivity contribution in [1.29, 1.82) is 0 Å². The minimum absolute atomic E-state index is 0.0144. The lowest BCUT2D eigenvalue weighted by Gasteiger charge is -2.17. The highest BCUT2D eigenvalue weighted by atomic mass is 32.2. The molecule has 0 radical (unpaired) electrons. The van der Waals surface area contributed by atoms with Gasteiger partial charge in [-0.2, -0.15) is 0 Å². The predicted octanol–water partition coefficient (Wildman–Crippen LogP) is 5.85. The highest BCUT2D eigenvalue weighted by Gasteiger charge is 2.52. The maximum absolute atomic E-state index is 13.1. The van der Waals surface area contributed by atoms with Gasteiger partial charge in [-0.1, -0.05) is 176 Å². The van der Waals surface area contributed by atoms with Gasteiger partial charge in [-0.15, -0.1) is 35.0 Å². The number of nitrogens with zero attached hydrogens (tertiary/aromatic N) is 6. The molecule has 0 bridgehead atoms. The van der Waals surface area contributed by atoms with E-state index < -0.39 is 184 Å². The largest absolute Gasteiger partial charge is 0.506 e. The van der Waals surface area contributed by atoms with Gasteiger partial charge in [0.1, 0.15) is 102 Å². The second-order valence-electron chi connectivity index (χ2n) is 31.2. The van der Waals surface area contributed by atoms with Gasteiger partial charge in [0.15, 0.2) is 44.1 Å². The van der Waals surface area contributed by atoms with Crippen LogP contribution >= 0.6 is 11.3 Å². The van der Waals surface area contributed by atoms with E-state index in [-0.39, 0.29) is 108 Å². The third-order valence-electron chi connectivity index (χ3n) is 21.1. The van der Waals surface area contributed by atoms with Crippen LogP contribution in [0.5, 0.6) is 28.7 Å². The molecule has 7 heterocycles. The zero-order valence-electron chi connectivity index (χ0n) is 75.4. The molecular formula is C99H87N11O31S2. The van der Waals surface area contributed by atoms with Crippen molar-refractivity contribution in [2.75, 3.05) is 45.3 Å². The number of para-hydroxylation sites is 4. The second kappa shape index (κ2) is 47.0. The van der Waals surface area contributed by atoms with Crippen molar-refractivity contribution in [2.45, 2.75) is 57.6 Å². The first-order valence-corrected chi connectivity index (χ1v) is 45.8. The summed E-state index contributed by atoms with van der Waals surface area (Å²) in [5.41, 5.74) is -4.12. The number of carbonyl (C=O) groups excluding carboxylic acids is 8. The number of hydrogen-bond acceptors (Lipinski definition) is 30. The molecule has 44 heteroatoms. The summed E-state index contributed by atoms with van der Waals surface area (Å²) >= 11 is 1.22. The van der Waals surface area contributed by atoms with Gasteiger partial charge < -0.3 is 91.6 Å². The topological polar surface area (TPSA) is 613 Å². The summed E-state index contributed by atoms with van der Waals surface area (Å²) < 4.78 is 27.0. The van der Waals surface area contributed by atoms with Crippen LogP contribution in [0.2, 0.25) is 0 Å². The number of nitrogens with one attached hydrogen (secondary N) is 5. The van der Waals surface area contributed by atoms with Crippen molar-refractivity contribution >= 4 is 141 Å². The van der Waals surface area contributed by atoms with Crippen LogP contribution in [0.1, 0.15) is 109 Å². The van der Waals surface area contributed by atoms with Gasteiger partial charge in [-0.05, 0) is 107 Å². The van der Waals surface area contributed by atoms with Gasteiger partial charge in [0, 0.05) is 40.5 Å². The molecule has 0 saturated heterocycles. The number of pyridine rings is 6. The number of carboxylic acid groups (broad SMARTS) is 3. The van der Waals surface area contributed by atoms with Crippen LogP contribution in [-0.4, -0.2) is 194 Å². The fraction of sp³-hybridized carbons (Fsp3) is 0.162. The number of ketones is 3. The fourth-order valence-corrected chi connectivity index (χ4v) is 15.3. The number of aliphatic carboxylic acids is 3. The minimum Gasteiger partial charge on any atom is -0.506 e. The summed E-state index contributed by atoms with van der Waals surface area (Å²) in [5, 5.41) is 92.7. The lowest BCUT2D eigenvalue weighted by atomic mass is 10.1. The lowest BCUT2D eigenvalue weighted by Crippen LogP contribution is -2.45. The Morgan fingerprint density at radius 3 is 1.05 bits per heavy atom. The first-order valence-electron chi connectivity index (χ1n) is 42.8. The first-order chi connectivity index (χ1) is 68.5. The normalized spacial score (nSPS) is 11.5. The highest BCUT2D eigenvalue weighted by Crippen LogP contribution is 2.37.